The maximum atomic E-state index is 14.7. The van der Waals surface area contributed by atoms with Crippen LogP contribution in [0.4, 0.5) is 0 Å². The van der Waals surface area contributed by atoms with Gasteiger partial charge in [-0.15, -0.1) is 0 Å². The van der Waals surface area contributed by atoms with E-state index in [0.717, 1.165) is 43.2 Å². The highest BCUT2D eigenvalue weighted by molar-refractivity contribution is 5.79. The molecular weight excluding hydrogens is 661 g/mol. The molecule has 6 heteroatoms. The lowest BCUT2D eigenvalue weighted by molar-refractivity contribution is -0.198. The summed E-state index contributed by atoms with van der Waals surface area (Å²) in [6, 6.07) is 19.7. The number of ether oxygens (including phenoxy) is 3. The van der Waals surface area contributed by atoms with E-state index in [-0.39, 0.29) is 28.9 Å². The summed E-state index contributed by atoms with van der Waals surface area (Å²) < 4.78 is 19.1. The number of carbonyl (C=O) groups excluding carboxylic acids is 3. The Morgan fingerprint density at radius 2 is 1.09 bits per heavy atom. The van der Waals surface area contributed by atoms with E-state index in [4.69, 9.17) is 14.2 Å². The molecular formula is C47H68O6. The fourth-order valence-electron chi connectivity index (χ4n) is 9.53. The highest BCUT2D eigenvalue weighted by Gasteiger charge is 2.55. The summed E-state index contributed by atoms with van der Waals surface area (Å²) in [6.07, 6.45) is 10.9. The first-order valence-electron chi connectivity index (χ1n) is 20.6. The summed E-state index contributed by atoms with van der Waals surface area (Å²) in [5, 5.41) is 0. The van der Waals surface area contributed by atoms with Gasteiger partial charge < -0.3 is 14.2 Å². The molecule has 4 bridgehead atoms. The lowest BCUT2D eigenvalue weighted by Crippen LogP contribution is -2.54. The van der Waals surface area contributed by atoms with Gasteiger partial charge in [-0.05, 0) is 152 Å². The lowest BCUT2D eigenvalue weighted by atomic mass is 9.54. The molecule has 0 heterocycles. The van der Waals surface area contributed by atoms with E-state index in [1.54, 1.807) is 0 Å². The second-order valence-electron chi connectivity index (χ2n) is 19.8. The molecule has 6 nitrogen and oxygen atoms in total. The molecule has 4 aliphatic rings. The molecule has 2 atom stereocenters. The molecule has 0 amide bonds. The predicted octanol–water partition coefficient (Wildman–Crippen LogP) is 11.4. The quantitative estimate of drug-likeness (QED) is 0.0916. The van der Waals surface area contributed by atoms with Crippen LogP contribution in [0.2, 0.25) is 0 Å². The van der Waals surface area contributed by atoms with Crippen LogP contribution in [-0.2, 0) is 34.2 Å². The Labute approximate surface area is 320 Å². The average molecular weight is 729 g/mol. The van der Waals surface area contributed by atoms with Gasteiger partial charge in [0.15, 0.2) is 5.60 Å². The van der Waals surface area contributed by atoms with Gasteiger partial charge in [-0.25, -0.2) is 0 Å². The molecule has 4 aliphatic carbocycles. The van der Waals surface area contributed by atoms with Gasteiger partial charge in [-0.1, -0.05) is 88.4 Å². The molecule has 0 N–H and O–H groups in total. The Morgan fingerprint density at radius 3 is 1.57 bits per heavy atom. The minimum absolute atomic E-state index is 0.181. The van der Waals surface area contributed by atoms with Crippen LogP contribution < -0.4 is 0 Å². The maximum Gasteiger partial charge on any atom is 0.312 e. The molecule has 0 radical (unpaired) electrons. The zero-order valence-electron chi connectivity index (χ0n) is 34.4. The molecule has 4 saturated carbocycles. The summed E-state index contributed by atoms with van der Waals surface area (Å²) in [4.78, 5) is 42.5. The topological polar surface area (TPSA) is 78.9 Å². The van der Waals surface area contributed by atoms with E-state index in [2.05, 4.69) is 20.8 Å². The second-order valence-corrected chi connectivity index (χ2v) is 19.8. The van der Waals surface area contributed by atoms with Crippen molar-refractivity contribution in [2.24, 2.45) is 39.4 Å². The summed E-state index contributed by atoms with van der Waals surface area (Å²) in [5.74, 6) is 1.24. The summed E-state index contributed by atoms with van der Waals surface area (Å²) >= 11 is 0. The lowest BCUT2D eigenvalue weighted by Gasteiger charge is -2.56. The fourth-order valence-corrected chi connectivity index (χ4v) is 9.53. The maximum absolute atomic E-state index is 14.7. The van der Waals surface area contributed by atoms with Crippen LogP contribution in [0, 0.1) is 39.4 Å². The van der Waals surface area contributed by atoms with Gasteiger partial charge in [0, 0.05) is 0 Å². The van der Waals surface area contributed by atoms with Crippen LogP contribution in [0.3, 0.4) is 0 Å². The van der Waals surface area contributed by atoms with Crippen LogP contribution in [0.5, 0.6) is 0 Å². The second kappa shape index (κ2) is 15.9. The van der Waals surface area contributed by atoms with E-state index in [1.165, 1.54) is 19.3 Å². The third-order valence-electron chi connectivity index (χ3n) is 13.4. The zero-order valence-corrected chi connectivity index (χ0v) is 34.4. The van der Waals surface area contributed by atoms with Crippen molar-refractivity contribution >= 4 is 17.9 Å². The number of hydrogen-bond donors (Lipinski definition) is 0. The largest absolute Gasteiger partial charge is 0.465 e. The smallest absolute Gasteiger partial charge is 0.312 e. The van der Waals surface area contributed by atoms with Gasteiger partial charge in [0.25, 0.3) is 0 Å². The van der Waals surface area contributed by atoms with Crippen molar-refractivity contribution in [2.45, 2.75) is 157 Å². The summed E-state index contributed by atoms with van der Waals surface area (Å²) in [6.45, 7) is 18.8. The number of carbonyl (C=O) groups is 3. The van der Waals surface area contributed by atoms with Crippen LogP contribution in [0.15, 0.2) is 60.7 Å². The molecule has 2 aromatic rings. The molecule has 0 aromatic heterocycles. The first-order valence-corrected chi connectivity index (χ1v) is 20.6. The van der Waals surface area contributed by atoms with Gasteiger partial charge in [0.05, 0.1) is 22.9 Å². The molecule has 292 valence electrons. The van der Waals surface area contributed by atoms with Crippen molar-refractivity contribution in [3.8, 4) is 0 Å². The third-order valence-corrected chi connectivity index (χ3v) is 13.4. The molecule has 0 spiro atoms. The van der Waals surface area contributed by atoms with Gasteiger partial charge >= 0.3 is 17.9 Å². The minimum atomic E-state index is -0.992. The van der Waals surface area contributed by atoms with E-state index in [9.17, 15) is 14.4 Å². The minimum Gasteiger partial charge on any atom is -0.465 e. The van der Waals surface area contributed by atoms with Crippen molar-refractivity contribution in [1.29, 1.82) is 0 Å². The Bertz CT molecular complexity index is 1480. The highest BCUT2D eigenvalue weighted by atomic mass is 16.6. The molecule has 6 rings (SSSR count). The molecule has 2 unspecified atom stereocenters. The van der Waals surface area contributed by atoms with Gasteiger partial charge in [0.2, 0.25) is 0 Å². The van der Waals surface area contributed by atoms with Crippen molar-refractivity contribution in [2.75, 3.05) is 6.61 Å². The first kappa shape index (κ1) is 41.0. The van der Waals surface area contributed by atoms with Crippen LogP contribution in [0.25, 0.3) is 0 Å². The third kappa shape index (κ3) is 9.75. The van der Waals surface area contributed by atoms with Crippen LogP contribution in [-0.4, -0.2) is 30.1 Å². The van der Waals surface area contributed by atoms with Crippen molar-refractivity contribution in [3.05, 3.63) is 71.8 Å². The normalized spacial score (nSPS) is 24.9. The Morgan fingerprint density at radius 1 is 0.623 bits per heavy atom. The van der Waals surface area contributed by atoms with E-state index in [0.29, 0.717) is 56.5 Å². The van der Waals surface area contributed by atoms with Crippen LogP contribution >= 0.6 is 0 Å². The van der Waals surface area contributed by atoms with Gasteiger partial charge in [0.1, 0.15) is 5.60 Å². The molecule has 0 saturated heterocycles. The SMILES string of the molecule is CCC(C)(CCC(C)(CCC(C)(C)C(=O)OC(C)(c1ccccc1)c1ccccc1)C(=O)OC12CC3CC(CC(C3)C1)C2)C(=O)OCCCC(C)(C)C. The van der Waals surface area contributed by atoms with E-state index < -0.39 is 21.8 Å². The monoisotopic (exact) mass is 729 g/mol. The van der Waals surface area contributed by atoms with Gasteiger partial charge in [-0.3, -0.25) is 14.4 Å². The standard InChI is InChI=1S/C47H68O6/c1-10-44(7,40(49)51-27-17-22-42(2,3)4)25-26-45(8,41(50)53-47-31-34-28-35(32-47)30-36(29-34)33-47)24-23-43(5,6)39(48)52-46(9,37-18-13-11-14-19-37)38-20-15-12-16-21-38/h11-16,18-21,34-36H,10,17,22-33H2,1-9H3. The highest BCUT2D eigenvalue weighted by Crippen LogP contribution is 2.58. The Hall–Kier alpha value is -3.15. The average Bonchev–Trinajstić information content (AvgIpc) is 3.11. The Balaban J connectivity index is 1.34. The zero-order chi connectivity index (χ0) is 38.7. The summed E-state index contributed by atoms with van der Waals surface area (Å²) in [7, 11) is 0. The van der Waals surface area contributed by atoms with E-state index in [1.807, 2.05) is 102 Å². The number of esters is 3. The van der Waals surface area contributed by atoms with Crippen LogP contribution in [0.1, 0.15) is 157 Å². The molecule has 2 aromatic carbocycles. The number of rotatable bonds is 17. The van der Waals surface area contributed by atoms with E-state index >= 15 is 0 Å². The van der Waals surface area contributed by atoms with Crippen molar-refractivity contribution in [1.82, 2.24) is 0 Å². The summed E-state index contributed by atoms with van der Waals surface area (Å²) in [5.41, 5.74) is -1.93. The fraction of sp³-hybridized carbons (Fsp3) is 0.681. The van der Waals surface area contributed by atoms with Gasteiger partial charge in [-0.2, -0.15) is 0 Å². The number of benzene rings is 2. The molecule has 53 heavy (non-hydrogen) atoms. The van der Waals surface area contributed by atoms with Crippen molar-refractivity contribution < 1.29 is 28.6 Å². The first-order chi connectivity index (χ1) is 24.8. The molecule has 4 fully saturated rings. The predicted molar refractivity (Wildman–Crippen MR) is 211 cm³/mol. The van der Waals surface area contributed by atoms with Crippen molar-refractivity contribution in [3.63, 3.8) is 0 Å². The molecule has 0 aliphatic heterocycles. The number of hydrogen-bond acceptors (Lipinski definition) is 6. The Kier molecular flexibility index (Phi) is 12.3.